The fraction of sp³-hybridized carbons (Fsp3) is 0.467. The Bertz CT molecular complexity index is 1460. The Balaban J connectivity index is 1.39. The molecule has 0 spiro atoms. The monoisotopic (exact) mass is 518 g/mol. The van der Waals surface area contributed by atoms with Gasteiger partial charge in [-0.3, -0.25) is 9.59 Å². The Kier molecular flexibility index (Phi) is 7.34. The van der Waals surface area contributed by atoms with Crippen LogP contribution in [0.5, 0.6) is 5.75 Å². The molecule has 1 atom stereocenters. The number of nitrogens with zero attached hydrogens (tertiary/aromatic N) is 2. The normalized spacial score (nSPS) is 17.6. The molecule has 0 aliphatic carbocycles. The molecule has 2 aliphatic rings. The quantitative estimate of drug-likeness (QED) is 0.176. The zero-order chi connectivity index (χ0) is 26.9. The molecule has 0 amide bonds. The van der Waals surface area contributed by atoms with E-state index in [2.05, 4.69) is 6.92 Å². The molecule has 1 aromatic carbocycles. The minimum atomic E-state index is -1.86. The number of ether oxygens (including phenoxy) is 2. The summed E-state index contributed by atoms with van der Waals surface area (Å²) in [5.41, 5.74) is 1.01. The lowest BCUT2D eigenvalue weighted by atomic mass is 9.86. The Morgan fingerprint density at radius 3 is 2.63 bits per heavy atom. The summed E-state index contributed by atoms with van der Waals surface area (Å²) in [5.74, 6) is -0.556. The molecule has 3 aromatic rings. The smallest absolute Gasteiger partial charge is 0.343 e. The van der Waals surface area contributed by atoms with E-state index in [4.69, 9.17) is 14.5 Å². The summed E-state index contributed by atoms with van der Waals surface area (Å²) < 4.78 is 12.5. The standard InChI is InChI=1S/C30H34N2O6/c1-3-5-6-7-8-9-10-14-26(33)38-25-13-11-12-23-20(25)15-19-17-32-24(27(19)31-23)16-22-21(28(32)34)18-37-29(35)30(22,36)4-2/h11-13,15-16,36H,3-10,14,17-18H2,1-2H3. The predicted molar refractivity (Wildman–Crippen MR) is 143 cm³/mol. The fourth-order valence-electron chi connectivity index (χ4n) is 5.46. The molecule has 200 valence electrons. The summed E-state index contributed by atoms with van der Waals surface area (Å²) in [4.78, 5) is 43.1. The summed E-state index contributed by atoms with van der Waals surface area (Å²) in [5, 5.41) is 11.7. The van der Waals surface area contributed by atoms with Crippen LogP contribution in [-0.2, 0) is 33.1 Å². The van der Waals surface area contributed by atoms with Gasteiger partial charge in [0.05, 0.1) is 29.0 Å². The van der Waals surface area contributed by atoms with Crippen molar-refractivity contribution in [3.63, 3.8) is 0 Å². The predicted octanol–water partition coefficient (Wildman–Crippen LogP) is 5.13. The number of hydrogen-bond acceptors (Lipinski definition) is 7. The number of unbranched alkanes of at least 4 members (excludes halogenated alkanes) is 6. The Morgan fingerprint density at radius 2 is 1.87 bits per heavy atom. The van der Waals surface area contributed by atoms with E-state index < -0.39 is 11.6 Å². The van der Waals surface area contributed by atoms with Crippen molar-refractivity contribution in [2.24, 2.45) is 0 Å². The summed E-state index contributed by atoms with van der Waals surface area (Å²) in [6.45, 7) is 4.00. The first-order chi connectivity index (χ1) is 18.4. The van der Waals surface area contributed by atoms with Gasteiger partial charge < -0.3 is 19.1 Å². The second-order valence-electron chi connectivity index (χ2n) is 10.3. The van der Waals surface area contributed by atoms with E-state index in [-0.39, 0.29) is 35.7 Å². The van der Waals surface area contributed by atoms with E-state index in [9.17, 15) is 19.5 Å². The molecule has 38 heavy (non-hydrogen) atoms. The highest BCUT2D eigenvalue weighted by Crippen LogP contribution is 2.39. The lowest BCUT2D eigenvalue weighted by Crippen LogP contribution is -2.44. The number of aromatic nitrogens is 2. The lowest BCUT2D eigenvalue weighted by molar-refractivity contribution is -0.172. The molecule has 1 unspecified atom stereocenters. The molecule has 4 heterocycles. The molecule has 0 saturated heterocycles. The van der Waals surface area contributed by atoms with Crippen molar-refractivity contribution in [1.29, 1.82) is 0 Å². The van der Waals surface area contributed by atoms with E-state index in [0.717, 1.165) is 24.8 Å². The number of rotatable bonds is 10. The van der Waals surface area contributed by atoms with Crippen LogP contribution in [-0.4, -0.2) is 26.6 Å². The Labute approximate surface area is 221 Å². The van der Waals surface area contributed by atoms with Crippen LogP contribution in [0.3, 0.4) is 0 Å². The maximum absolute atomic E-state index is 13.4. The van der Waals surface area contributed by atoms with Gasteiger partial charge in [-0.15, -0.1) is 0 Å². The Morgan fingerprint density at radius 1 is 1.11 bits per heavy atom. The average Bonchev–Trinajstić information content (AvgIpc) is 3.27. The lowest BCUT2D eigenvalue weighted by Gasteiger charge is -2.31. The molecule has 0 saturated carbocycles. The number of aliphatic hydroxyl groups is 1. The van der Waals surface area contributed by atoms with Gasteiger partial charge in [-0.25, -0.2) is 9.78 Å². The zero-order valence-corrected chi connectivity index (χ0v) is 22.0. The number of carbonyl (C=O) groups excluding carboxylic acids is 2. The van der Waals surface area contributed by atoms with Gasteiger partial charge in [0, 0.05) is 22.9 Å². The summed E-state index contributed by atoms with van der Waals surface area (Å²) in [6, 6.07) is 8.99. The number of pyridine rings is 2. The maximum atomic E-state index is 13.4. The number of benzene rings is 1. The van der Waals surface area contributed by atoms with Crippen molar-refractivity contribution in [3.05, 3.63) is 57.4 Å². The molecule has 1 N–H and O–H groups in total. The summed E-state index contributed by atoms with van der Waals surface area (Å²) >= 11 is 0. The maximum Gasteiger partial charge on any atom is 0.343 e. The zero-order valence-electron chi connectivity index (χ0n) is 22.0. The number of cyclic esters (lactones) is 1. The van der Waals surface area contributed by atoms with Crippen molar-refractivity contribution < 1.29 is 24.2 Å². The second-order valence-corrected chi connectivity index (χ2v) is 10.3. The number of hydrogen-bond donors (Lipinski definition) is 1. The van der Waals surface area contributed by atoms with Crippen LogP contribution in [0.15, 0.2) is 35.1 Å². The first kappa shape index (κ1) is 26.1. The first-order valence-electron chi connectivity index (χ1n) is 13.7. The highest BCUT2D eigenvalue weighted by atomic mass is 16.6. The first-order valence-corrected chi connectivity index (χ1v) is 13.7. The van der Waals surface area contributed by atoms with Gasteiger partial charge in [-0.05, 0) is 37.1 Å². The van der Waals surface area contributed by atoms with E-state index >= 15 is 0 Å². The fourth-order valence-corrected chi connectivity index (χ4v) is 5.46. The molecular formula is C30H34N2O6. The van der Waals surface area contributed by atoms with Crippen molar-refractivity contribution in [1.82, 2.24) is 9.55 Å². The van der Waals surface area contributed by atoms with Crippen molar-refractivity contribution in [2.45, 2.75) is 90.4 Å². The molecule has 5 rings (SSSR count). The highest BCUT2D eigenvalue weighted by Gasteiger charge is 2.45. The van der Waals surface area contributed by atoms with E-state index in [1.54, 1.807) is 29.7 Å². The molecule has 0 radical (unpaired) electrons. The third-order valence-corrected chi connectivity index (χ3v) is 7.72. The van der Waals surface area contributed by atoms with E-state index in [1.165, 1.54) is 25.7 Å². The SMILES string of the molecule is CCCCCCCCCC(=O)Oc1cccc2nc3c(cc12)Cn1c-3cc2c(c1=O)COC(=O)C2(O)CC. The largest absolute Gasteiger partial charge is 0.458 e. The van der Waals surface area contributed by atoms with E-state index in [0.29, 0.717) is 41.0 Å². The van der Waals surface area contributed by atoms with Gasteiger partial charge in [0.1, 0.15) is 12.4 Å². The molecular weight excluding hydrogens is 484 g/mol. The van der Waals surface area contributed by atoms with Crippen molar-refractivity contribution in [2.75, 3.05) is 0 Å². The molecule has 0 bridgehead atoms. The number of carbonyl (C=O) groups is 2. The molecule has 2 aliphatic heterocycles. The van der Waals surface area contributed by atoms with Gasteiger partial charge in [0.2, 0.25) is 0 Å². The van der Waals surface area contributed by atoms with Crippen molar-refractivity contribution in [3.8, 4) is 17.1 Å². The summed E-state index contributed by atoms with van der Waals surface area (Å²) in [6.07, 6.45) is 8.36. The number of esters is 2. The van der Waals surface area contributed by atoms with Crippen LogP contribution in [0.25, 0.3) is 22.3 Å². The van der Waals surface area contributed by atoms with Crippen LogP contribution in [0.2, 0.25) is 0 Å². The van der Waals surface area contributed by atoms with Gasteiger partial charge in [0.25, 0.3) is 5.56 Å². The second kappa shape index (κ2) is 10.7. The van der Waals surface area contributed by atoms with Crippen LogP contribution >= 0.6 is 0 Å². The molecule has 0 fully saturated rings. The van der Waals surface area contributed by atoms with Crippen LogP contribution in [0, 0.1) is 0 Å². The van der Waals surface area contributed by atoms with Crippen molar-refractivity contribution >= 4 is 22.8 Å². The Hall–Kier alpha value is -3.52. The van der Waals surface area contributed by atoms with Crippen LogP contribution in [0.4, 0.5) is 0 Å². The minimum Gasteiger partial charge on any atom is -0.458 e. The average molecular weight is 519 g/mol. The minimum absolute atomic E-state index is 0.0906. The van der Waals surface area contributed by atoms with Gasteiger partial charge in [-0.1, -0.05) is 58.4 Å². The number of fused-ring (bicyclic) bond motifs is 5. The summed E-state index contributed by atoms with van der Waals surface area (Å²) in [7, 11) is 0. The topological polar surface area (TPSA) is 108 Å². The van der Waals surface area contributed by atoms with Crippen LogP contribution < -0.4 is 10.3 Å². The third-order valence-electron chi connectivity index (χ3n) is 7.72. The highest BCUT2D eigenvalue weighted by molar-refractivity contribution is 5.91. The third kappa shape index (κ3) is 4.62. The molecule has 2 aromatic heterocycles. The van der Waals surface area contributed by atoms with E-state index in [1.807, 2.05) is 12.1 Å². The van der Waals surface area contributed by atoms with Gasteiger partial charge in [-0.2, -0.15) is 0 Å². The van der Waals surface area contributed by atoms with Crippen LogP contribution in [0.1, 0.15) is 88.3 Å². The molecule has 8 heteroatoms. The molecule has 8 nitrogen and oxygen atoms in total. The van der Waals surface area contributed by atoms with Gasteiger partial charge in [0.15, 0.2) is 5.60 Å². The van der Waals surface area contributed by atoms with Gasteiger partial charge >= 0.3 is 11.9 Å².